The van der Waals surface area contributed by atoms with Crippen LogP contribution in [0.3, 0.4) is 0 Å². The third-order valence-electron chi connectivity index (χ3n) is 5.19. The molecule has 1 atom stereocenters. The lowest BCUT2D eigenvalue weighted by atomic mass is 9.95. The number of carbonyl (C=O) groups is 1. The molecule has 0 spiro atoms. The summed E-state index contributed by atoms with van der Waals surface area (Å²) in [5.41, 5.74) is 0. The largest absolute Gasteiger partial charge is 0.348 e. The van der Waals surface area contributed by atoms with Gasteiger partial charge in [-0.2, -0.15) is 4.31 Å². The van der Waals surface area contributed by atoms with Crippen molar-refractivity contribution in [3.05, 3.63) is 52.5 Å². The van der Waals surface area contributed by atoms with Crippen molar-refractivity contribution in [1.29, 1.82) is 0 Å². The number of hydrogen-bond acceptors (Lipinski definition) is 4. The van der Waals surface area contributed by atoms with Crippen molar-refractivity contribution >= 4 is 27.3 Å². The lowest BCUT2D eigenvalue weighted by Crippen LogP contribution is -2.43. The second-order valence-electron chi connectivity index (χ2n) is 7.81. The van der Waals surface area contributed by atoms with Crippen molar-refractivity contribution < 1.29 is 17.6 Å². The monoisotopic (exact) mass is 438 g/mol. The first-order valence-corrected chi connectivity index (χ1v) is 12.2. The molecular weight excluding hydrogens is 411 g/mol. The highest BCUT2D eigenvalue weighted by atomic mass is 32.2. The maximum Gasteiger partial charge on any atom is 0.245 e. The molecule has 1 amide bonds. The Bertz CT molecular complexity index is 921. The molecular formula is C21H27FN2O3S2. The zero-order valence-electron chi connectivity index (χ0n) is 16.7. The van der Waals surface area contributed by atoms with Crippen LogP contribution in [-0.4, -0.2) is 31.7 Å². The summed E-state index contributed by atoms with van der Waals surface area (Å²) >= 11 is 1.63. The van der Waals surface area contributed by atoms with E-state index in [1.807, 2.05) is 17.5 Å². The molecule has 158 valence electrons. The standard InChI is InChI=1S/C21H27FN2O3S2/c1-15(2)14-18(19-7-5-13-28-19)23-21(25)16-9-11-24(12-10-16)29(26,27)20-8-4-3-6-17(20)22/h3-8,13,15-16,18H,9-12,14H2,1-2H3,(H,23,25). The second-order valence-corrected chi connectivity index (χ2v) is 10.7. The molecule has 0 bridgehead atoms. The van der Waals surface area contributed by atoms with Crippen molar-refractivity contribution in [2.45, 2.75) is 44.0 Å². The Morgan fingerprint density at radius 3 is 2.48 bits per heavy atom. The van der Waals surface area contributed by atoms with E-state index in [4.69, 9.17) is 0 Å². The fraction of sp³-hybridized carbons (Fsp3) is 0.476. The first-order valence-electron chi connectivity index (χ1n) is 9.87. The van der Waals surface area contributed by atoms with Crippen LogP contribution >= 0.6 is 11.3 Å². The molecule has 1 aliphatic rings. The number of nitrogens with zero attached hydrogens (tertiary/aromatic N) is 1. The van der Waals surface area contributed by atoms with Gasteiger partial charge in [-0.05, 0) is 48.8 Å². The molecule has 8 heteroatoms. The number of rotatable bonds is 7. The highest BCUT2D eigenvalue weighted by molar-refractivity contribution is 7.89. The summed E-state index contributed by atoms with van der Waals surface area (Å²) in [5, 5.41) is 5.16. The van der Waals surface area contributed by atoms with Gasteiger partial charge in [0, 0.05) is 23.9 Å². The first-order chi connectivity index (χ1) is 13.8. The summed E-state index contributed by atoms with van der Waals surface area (Å²) < 4.78 is 40.7. The highest BCUT2D eigenvalue weighted by Crippen LogP contribution is 2.28. The smallest absolute Gasteiger partial charge is 0.245 e. The predicted molar refractivity (Wildman–Crippen MR) is 113 cm³/mol. The number of sulfonamides is 1. The summed E-state index contributed by atoms with van der Waals surface area (Å²) in [4.78, 5) is 13.7. The quantitative estimate of drug-likeness (QED) is 0.705. The maximum absolute atomic E-state index is 14.0. The van der Waals surface area contributed by atoms with Gasteiger partial charge >= 0.3 is 0 Å². The van der Waals surface area contributed by atoms with Gasteiger partial charge in [0.05, 0.1) is 6.04 Å². The minimum absolute atomic E-state index is 0.0253. The molecule has 0 saturated carbocycles. The fourth-order valence-electron chi connectivity index (χ4n) is 3.65. The average molecular weight is 439 g/mol. The topological polar surface area (TPSA) is 66.5 Å². The van der Waals surface area contributed by atoms with E-state index in [0.29, 0.717) is 18.8 Å². The summed E-state index contributed by atoms with van der Waals surface area (Å²) in [7, 11) is -3.89. The Morgan fingerprint density at radius 1 is 1.21 bits per heavy atom. The number of halogens is 1. The first kappa shape index (κ1) is 21.9. The van der Waals surface area contributed by atoms with Crippen LogP contribution < -0.4 is 5.32 Å². The number of thiophene rings is 1. The van der Waals surface area contributed by atoms with Gasteiger partial charge in [-0.3, -0.25) is 4.79 Å². The van der Waals surface area contributed by atoms with Crippen LogP contribution in [0.4, 0.5) is 4.39 Å². The van der Waals surface area contributed by atoms with Crippen LogP contribution in [0.2, 0.25) is 0 Å². The molecule has 1 N–H and O–H groups in total. The van der Waals surface area contributed by atoms with Gasteiger partial charge in [-0.25, -0.2) is 12.8 Å². The van der Waals surface area contributed by atoms with E-state index in [1.165, 1.54) is 22.5 Å². The lowest BCUT2D eigenvalue weighted by molar-refractivity contribution is -0.127. The van der Waals surface area contributed by atoms with E-state index in [1.54, 1.807) is 11.3 Å². The van der Waals surface area contributed by atoms with Crippen molar-refractivity contribution in [2.24, 2.45) is 11.8 Å². The molecule has 1 unspecified atom stereocenters. The second kappa shape index (κ2) is 9.36. The Balaban J connectivity index is 1.62. The SMILES string of the molecule is CC(C)CC(NC(=O)C1CCN(S(=O)(=O)c2ccccc2F)CC1)c1cccs1. The van der Waals surface area contributed by atoms with Gasteiger partial charge in [0.2, 0.25) is 15.9 Å². The fourth-order valence-corrected chi connectivity index (χ4v) is 5.97. The molecule has 29 heavy (non-hydrogen) atoms. The molecule has 1 aromatic heterocycles. The maximum atomic E-state index is 14.0. The Morgan fingerprint density at radius 2 is 1.90 bits per heavy atom. The van der Waals surface area contributed by atoms with Gasteiger partial charge in [-0.15, -0.1) is 11.3 Å². The van der Waals surface area contributed by atoms with Gasteiger partial charge < -0.3 is 5.32 Å². The Hall–Kier alpha value is -1.77. The summed E-state index contributed by atoms with van der Waals surface area (Å²) in [6, 6.07) is 9.38. The zero-order valence-corrected chi connectivity index (χ0v) is 18.3. The van der Waals surface area contributed by atoms with E-state index in [-0.39, 0.29) is 35.9 Å². The van der Waals surface area contributed by atoms with E-state index in [9.17, 15) is 17.6 Å². The minimum Gasteiger partial charge on any atom is -0.348 e. The number of hydrogen-bond donors (Lipinski definition) is 1. The molecule has 1 aliphatic heterocycles. The van der Waals surface area contributed by atoms with Gasteiger partial charge in [0.1, 0.15) is 10.7 Å². The molecule has 0 radical (unpaired) electrons. The summed E-state index contributed by atoms with van der Waals surface area (Å²) in [5.74, 6) is -0.585. The van der Waals surface area contributed by atoms with E-state index in [0.717, 1.165) is 17.4 Å². The van der Waals surface area contributed by atoms with Crippen LogP contribution in [0.1, 0.15) is 44.0 Å². The van der Waals surface area contributed by atoms with Crippen molar-refractivity contribution in [2.75, 3.05) is 13.1 Å². The molecule has 2 aromatic rings. The number of piperidine rings is 1. The highest BCUT2D eigenvalue weighted by Gasteiger charge is 2.34. The van der Waals surface area contributed by atoms with Crippen LogP contribution in [0.25, 0.3) is 0 Å². The summed E-state index contributed by atoms with van der Waals surface area (Å²) in [6.45, 7) is 4.67. The number of carbonyl (C=O) groups excluding carboxylic acids is 1. The molecule has 2 heterocycles. The number of nitrogens with one attached hydrogen (secondary N) is 1. The predicted octanol–water partition coefficient (Wildman–Crippen LogP) is 4.19. The average Bonchev–Trinajstić information content (AvgIpc) is 3.22. The van der Waals surface area contributed by atoms with Gasteiger partial charge in [0.15, 0.2) is 0 Å². The van der Waals surface area contributed by atoms with Gasteiger partial charge in [-0.1, -0.05) is 32.0 Å². The molecule has 0 aliphatic carbocycles. The molecule has 3 rings (SSSR count). The lowest BCUT2D eigenvalue weighted by Gasteiger charge is -2.31. The van der Waals surface area contributed by atoms with Crippen molar-refractivity contribution in [3.63, 3.8) is 0 Å². The number of amides is 1. The normalized spacial score (nSPS) is 17.4. The molecule has 1 aromatic carbocycles. The molecule has 1 saturated heterocycles. The van der Waals surface area contributed by atoms with Crippen LogP contribution in [0, 0.1) is 17.7 Å². The van der Waals surface area contributed by atoms with E-state index in [2.05, 4.69) is 19.2 Å². The third-order valence-corrected chi connectivity index (χ3v) is 8.11. The Labute approximate surface area is 176 Å². The van der Waals surface area contributed by atoms with Crippen LogP contribution in [0.5, 0.6) is 0 Å². The van der Waals surface area contributed by atoms with Crippen LogP contribution in [0.15, 0.2) is 46.7 Å². The van der Waals surface area contributed by atoms with Crippen molar-refractivity contribution in [1.82, 2.24) is 9.62 Å². The van der Waals surface area contributed by atoms with Crippen molar-refractivity contribution in [3.8, 4) is 0 Å². The van der Waals surface area contributed by atoms with Crippen LogP contribution in [-0.2, 0) is 14.8 Å². The third kappa shape index (κ3) is 5.24. The van der Waals surface area contributed by atoms with E-state index >= 15 is 0 Å². The van der Waals surface area contributed by atoms with E-state index < -0.39 is 15.8 Å². The number of benzene rings is 1. The molecule has 1 fully saturated rings. The Kier molecular flexibility index (Phi) is 7.08. The summed E-state index contributed by atoms with van der Waals surface area (Å²) in [6.07, 6.45) is 1.71. The van der Waals surface area contributed by atoms with Gasteiger partial charge in [0.25, 0.3) is 0 Å². The zero-order chi connectivity index (χ0) is 21.0. The molecule has 5 nitrogen and oxygen atoms in total. The minimum atomic E-state index is -3.89.